The molecule has 1 unspecified atom stereocenters. The minimum Gasteiger partial charge on any atom is -0.497 e. The molecule has 5 aromatic rings. The van der Waals surface area contributed by atoms with Crippen LogP contribution in [-0.4, -0.2) is 88.3 Å². The summed E-state index contributed by atoms with van der Waals surface area (Å²) in [5.41, 5.74) is 3.13. The average Bonchev–Trinajstić information content (AvgIpc) is 3.86. The molecule has 5 atom stereocenters. The van der Waals surface area contributed by atoms with Gasteiger partial charge >= 0.3 is 0 Å². The summed E-state index contributed by atoms with van der Waals surface area (Å²) in [7, 11) is 3.67. The monoisotopic (exact) mass is 770 g/mol. The molecule has 2 aliphatic rings. The lowest BCUT2D eigenvalue weighted by atomic mass is 9.77. The van der Waals surface area contributed by atoms with E-state index < -0.39 is 44.4 Å². The topological polar surface area (TPSA) is 123 Å². The van der Waals surface area contributed by atoms with E-state index in [1.54, 1.807) is 34.0 Å². The summed E-state index contributed by atoms with van der Waals surface area (Å²) in [5.74, 6) is 1.21. The zero-order valence-corrected chi connectivity index (χ0v) is 33.8. The van der Waals surface area contributed by atoms with Crippen molar-refractivity contribution >= 4 is 25.5 Å². The number of nitrogens with one attached hydrogen (secondary N) is 1. The van der Waals surface area contributed by atoms with Crippen LogP contribution in [0.4, 0.5) is 5.82 Å². The molecule has 0 aliphatic carbocycles. The second-order valence-electron chi connectivity index (χ2n) is 14.7. The van der Waals surface area contributed by atoms with E-state index in [-0.39, 0.29) is 18.7 Å². The molecule has 2 saturated heterocycles. The summed E-state index contributed by atoms with van der Waals surface area (Å²) in [6.07, 6.45) is 1.39. The second kappa shape index (κ2) is 16.1. The van der Waals surface area contributed by atoms with Gasteiger partial charge in [-0.25, -0.2) is 19.6 Å². The molecule has 13 nitrogen and oxygen atoms in total. The highest BCUT2D eigenvalue weighted by molar-refractivity contribution is 7.44. The Kier molecular flexibility index (Phi) is 11.4. The van der Waals surface area contributed by atoms with E-state index in [0.29, 0.717) is 17.0 Å². The lowest BCUT2D eigenvalue weighted by Gasteiger charge is -2.37. The van der Waals surface area contributed by atoms with Crippen LogP contribution < -0.4 is 14.8 Å². The number of ether oxygens (including phenoxy) is 5. The average molecular weight is 771 g/mol. The van der Waals surface area contributed by atoms with Crippen molar-refractivity contribution in [3.63, 3.8) is 0 Å². The van der Waals surface area contributed by atoms with Gasteiger partial charge in [-0.1, -0.05) is 54.6 Å². The molecule has 0 radical (unpaired) electrons. The molecule has 2 aliphatic heterocycles. The predicted octanol–water partition coefficient (Wildman–Crippen LogP) is 7.67. The van der Waals surface area contributed by atoms with E-state index >= 15 is 0 Å². The quantitative estimate of drug-likeness (QED) is 0.0830. The highest BCUT2D eigenvalue weighted by atomic mass is 31.2. The first kappa shape index (κ1) is 39.1. The first-order chi connectivity index (χ1) is 26.5. The molecule has 4 heterocycles. The van der Waals surface area contributed by atoms with E-state index in [0.717, 1.165) is 28.2 Å². The predicted molar refractivity (Wildman–Crippen MR) is 211 cm³/mol. The van der Waals surface area contributed by atoms with Gasteiger partial charge in [0.15, 0.2) is 29.0 Å². The van der Waals surface area contributed by atoms with Crippen molar-refractivity contribution in [1.82, 2.24) is 24.2 Å². The van der Waals surface area contributed by atoms with Gasteiger partial charge in [-0.05, 0) is 82.5 Å². The Balaban J connectivity index is 1.27. The third-order valence-electron chi connectivity index (χ3n) is 10.1. The second-order valence-corrected chi connectivity index (χ2v) is 16.2. The zero-order valence-electron chi connectivity index (χ0n) is 32.9. The zero-order chi connectivity index (χ0) is 38.9. The summed E-state index contributed by atoms with van der Waals surface area (Å²) < 4.78 is 47.2. The lowest BCUT2D eigenvalue weighted by Crippen LogP contribution is -2.38. The summed E-state index contributed by atoms with van der Waals surface area (Å²) in [6.45, 7) is 12.6. The smallest absolute Gasteiger partial charge is 0.259 e. The number of nitrogens with zero attached hydrogens (tertiary/aromatic N) is 5. The first-order valence-electron chi connectivity index (χ1n) is 18.6. The number of hydrogen-bond acceptors (Lipinski definition) is 12. The fourth-order valence-corrected chi connectivity index (χ4v) is 9.19. The standard InChI is InChI=1S/C41H51N6O7P/c1-26(2)47(27(3)4)55(50-9)51-23-33-35-36(54-40(5,6)53-35)39(52-33)46-25-44-34-37(42-24-43-38(34)46)45-41(28-13-11-10-12-14-28,29-15-19-31(48-7)20-16-29)30-17-21-32(49-8)22-18-30/h10-22,24-27,33,35-36,39H,23H2,1-9H3,(H,42,43,45)/t33-,35-,36-,39-,55?/m1/s1. The minimum atomic E-state index is -1.33. The van der Waals surface area contributed by atoms with Crippen molar-refractivity contribution < 1.29 is 32.7 Å². The maximum absolute atomic E-state index is 6.74. The number of fused-ring (bicyclic) bond motifs is 2. The molecule has 292 valence electrons. The molecule has 7 rings (SSSR count). The van der Waals surface area contributed by atoms with Gasteiger partial charge in [-0.15, -0.1) is 0 Å². The van der Waals surface area contributed by atoms with Gasteiger partial charge in [-0.2, -0.15) is 0 Å². The van der Waals surface area contributed by atoms with Gasteiger partial charge in [0.1, 0.15) is 41.7 Å². The van der Waals surface area contributed by atoms with Crippen molar-refractivity contribution in [2.45, 2.75) is 89.5 Å². The van der Waals surface area contributed by atoms with Crippen molar-refractivity contribution in [2.24, 2.45) is 0 Å². The van der Waals surface area contributed by atoms with Crippen LogP contribution in [0.1, 0.15) is 64.5 Å². The normalized spacial score (nSPS) is 21.4. The van der Waals surface area contributed by atoms with E-state index in [9.17, 15) is 0 Å². The Morgan fingerprint density at radius 2 is 1.38 bits per heavy atom. The summed E-state index contributed by atoms with van der Waals surface area (Å²) >= 11 is 0. The number of imidazole rings is 1. The number of rotatable bonds is 15. The number of methoxy groups -OCH3 is 2. The summed E-state index contributed by atoms with van der Waals surface area (Å²) in [5, 5.41) is 3.86. The number of anilines is 1. The van der Waals surface area contributed by atoms with Gasteiger partial charge in [0.25, 0.3) is 8.53 Å². The third kappa shape index (κ3) is 7.55. The molecule has 0 spiro atoms. The van der Waals surface area contributed by atoms with Crippen LogP contribution in [0.2, 0.25) is 0 Å². The van der Waals surface area contributed by atoms with E-state index in [1.807, 2.05) is 60.9 Å². The Morgan fingerprint density at radius 1 is 0.800 bits per heavy atom. The number of benzene rings is 3. The Hall–Kier alpha value is -4.20. The fraction of sp³-hybridized carbons (Fsp3) is 0.439. The summed E-state index contributed by atoms with van der Waals surface area (Å²) in [4.78, 5) is 14.5. The largest absolute Gasteiger partial charge is 0.497 e. The molecule has 55 heavy (non-hydrogen) atoms. The van der Waals surface area contributed by atoms with Gasteiger partial charge in [0, 0.05) is 19.2 Å². The molecule has 0 saturated carbocycles. The first-order valence-corrected chi connectivity index (χ1v) is 19.7. The molecule has 2 fully saturated rings. The Labute approximate surface area is 324 Å². The van der Waals surface area contributed by atoms with Gasteiger partial charge < -0.3 is 38.0 Å². The van der Waals surface area contributed by atoms with E-state index in [2.05, 4.69) is 74.1 Å². The third-order valence-corrected chi connectivity index (χ3v) is 12.1. The van der Waals surface area contributed by atoms with E-state index in [4.69, 9.17) is 47.7 Å². The van der Waals surface area contributed by atoms with Crippen molar-refractivity contribution in [3.05, 3.63) is 108 Å². The molecule has 0 bridgehead atoms. The highest BCUT2D eigenvalue weighted by Crippen LogP contribution is 2.49. The van der Waals surface area contributed by atoms with Gasteiger partial charge in [-0.3, -0.25) is 4.57 Å². The number of hydrogen-bond donors (Lipinski definition) is 1. The van der Waals surface area contributed by atoms with Crippen molar-refractivity contribution in [3.8, 4) is 11.5 Å². The van der Waals surface area contributed by atoms with Crippen molar-refractivity contribution in [2.75, 3.05) is 33.3 Å². The van der Waals surface area contributed by atoms with Crippen molar-refractivity contribution in [1.29, 1.82) is 0 Å². The molecule has 14 heteroatoms. The SMILES string of the molecule is COc1ccc(C(Nc2ncnc3c2ncn3[C@@H]2O[C@H](COP(OC)N(C(C)C)C(C)C)[C@H]3OC(C)(C)O[C@H]32)(c2ccccc2)c2ccc(OC)cc2)cc1. The van der Waals surface area contributed by atoms with Crippen LogP contribution in [0, 0.1) is 0 Å². The van der Waals surface area contributed by atoms with Crippen LogP contribution in [0.15, 0.2) is 91.5 Å². The Bertz CT molecular complexity index is 1970. The maximum Gasteiger partial charge on any atom is 0.259 e. The minimum absolute atomic E-state index is 0.232. The van der Waals surface area contributed by atoms with Crippen LogP contribution >= 0.6 is 8.53 Å². The van der Waals surface area contributed by atoms with Gasteiger partial charge in [0.2, 0.25) is 0 Å². The Morgan fingerprint density at radius 3 is 1.95 bits per heavy atom. The molecule has 1 N–H and O–H groups in total. The van der Waals surface area contributed by atoms with Crippen LogP contribution in [0.25, 0.3) is 11.2 Å². The maximum atomic E-state index is 6.74. The van der Waals surface area contributed by atoms with E-state index in [1.165, 1.54) is 0 Å². The summed E-state index contributed by atoms with van der Waals surface area (Å²) in [6, 6.07) is 26.8. The van der Waals surface area contributed by atoms with Crippen LogP contribution in [-0.2, 0) is 28.8 Å². The van der Waals surface area contributed by atoms with Crippen LogP contribution in [0.5, 0.6) is 11.5 Å². The molecule has 0 amide bonds. The van der Waals surface area contributed by atoms with Crippen LogP contribution in [0.3, 0.4) is 0 Å². The molecular weight excluding hydrogens is 719 g/mol. The molecular formula is C41H51N6O7P. The molecule has 3 aromatic carbocycles. The lowest BCUT2D eigenvalue weighted by molar-refractivity contribution is -0.199. The fourth-order valence-electron chi connectivity index (χ4n) is 7.74. The highest BCUT2D eigenvalue weighted by Gasteiger charge is 2.56. The number of aromatic nitrogens is 4. The molecule has 2 aromatic heterocycles. The van der Waals surface area contributed by atoms with Gasteiger partial charge in [0.05, 0.1) is 27.2 Å².